The van der Waals surface area contributed by atoms with Gasteiger partial charge in [0.2, 0.25) is 5.91 Å². The van der Waals surface area contributed by atoms with E-state index in [1.807, 2.05) is 36.4 Å². The molecule has 1 aromatic heterocycles. The van der Waals surface area contributed by atoms with Gasteiger partial charge in [-0.1, -0.05) is 60.7 Å². The van der Waals surface area contributed by atoms with Crippen molar-refractivity contribution < 1.29 is 4.79 Å². The second-order valence-corrected chi connectivity index (χ2v) is 7.99. The van der Waals surface area contributed by atoms with E-state index in [2.05, 4.69) is 39.5 Å². The van der Waals surface area contributed by atoms with Gasteiger partial charge < -0.3 is 5.32 Å². The monoisotopic (exact) mass is 416 g/mol. The highest BCUT2D eigenvalue weighted by atomic mass is 16.2. The molecule has 0 atom stereocenters. The zero-order chi connectivity index (χ0) is 21.5. The molecule has 2 aromatic carbocycles. The first-order valence-corrected chi connectivity index (χ1v) is 10.8. The van der Waals surface area contributed by atoms with Gasteiger partial charge in [0, 0.05) is 32.6 Å². The number of aromatic nitrogens is 2. The lowest BCUT2D eigenvalue weighted by Crippen LogP contribution is -2.39. The molecular weight excluding hydrogens is 388 g/mol. The molecule has 0 radical (unpaired) electrons. The van der Waals surface area contributed by atoms with Crippen LogP contribution < -0.4 is 10.9 Å². The van der Waals surface area contributed by atoms with Gasteiger partial charge in [0.05, 0.1) is 17.6 Å². The molecule has 6 heteroatoms. The molecule has 0 saturated heterocycles. The summed E-state index contributed by atoms with van der Waals surface area (Å²) in [6.45, 7) is 2.83. The Bertz CT molecular complexity index is 1060. The third-order valence-corrected chi connectivity index (χ3v) is 5.64. The Hall–Kier alpha value is -3.25. The number of carbonyl (C=O) groups is 1. The van der Waals surface area contributed by atoms with Crippen molar-refractivity contribution in [3.63, 3.8) is 0 Å². The molecule has 0 aliphatic carbocycles. The molecule has 4 rings (SSSR count). The zero-order valence-electron chi connectivity index (χ0n) is 17.7. The van der Waals surface area contributed by atoms with E-state index in [9.17, 15) is 9.59 Å². The molecule has 0 bridgehead atoms. The maximum absolute atomic E-state index is 13.0. The first kappa shape index (κ1) is 21.0. The fourth-order valence-corrected chi connectivity index (χ4v) is 3.97. The summed E-state index contributed by atoms with van der Waals surface area (Å²) in [5, 5.41) is 2.91. The molecule has 1 N–H and O–H groups in total. The van der Waals surface area contributed by atoms with Crippen molar-refractivity contribution >= 4 is 5.91 Å². The molecule has 1 aliphatic heterocycles. The maximum Gasteiger partial charge on any atom is 0.258 e. The van der Waals surface area contributed by atoms with Gasteiger partial charge in [0.15, 0.2) is 0 Å². The lowest BCUT2D eigenvalue weighted by Gasteiger charge is -2.28. The predicted octanol–water partition coefficient (Wildman–Crippen LogP) is 2.55. The van der Waals surface area contributed by atoms with Crippen LogP contribution in [0.2, 0.25) is 0 Å². The summed E-state index contributed by atoms with van der Waals surface area (Å²) in [5.74, 6) is -0.158. The quantitative estimate of drug-likeness (QED) is 0.573. The molecule has 31 heavy (non-hydrogen) atoms. The highest BCUT2D eigenvalue weighted by Crippen LogP contribution is 2.16. The van der Waals surface area contributed by atoms with E-state index in [0.29, 0.717) is 18.7 Å². The number of amides is 1. The maximum atomic E-state index is 13.0. The Morgan fingerprint density at radius 3 is 2.45 bits per heavy atom. The lowest BCUT2D eigenvalue weighted by molar-refractivity contribution is -0.121. The number of hydrogen-bond donors (Lipinski definition) is 1. The minimum absolute atomic E-state index is 0.00311. The lowest BCUT2D eigenvalue weighted by atomic mass is 10.1. The normalized spacial score (nSPS) is 13.5. The number of benzene rings is 2. The smallest absolute Gasteiger partial charge is 0.258 e. The van der Waals surface area contributed by atoms with Crippen molar-refractivity contribution in [1.82, 2.24) is 19.8 Å². The average molecular weight is 417 g/mol. The molecule has 0 spiro atoms. The number of nitrogens with one attached hydrogen (secondary N) is 1. The van der Waals surface area contributed by atoms with E-state index >= 15 is 0 Å². The predicted molar refractivity (Wildman–Crippen MR) is 121 cm³/mol. The summed E-state index contributed by atoms with van der Waals surface area (Å²) < 4.78 is 1.43. The van der Waals surface area contributed by atoms with Crippen LogP contribution in [0.5, 0.6) is 0 Å². The summed E-state index contributed by atoms with van der Waals surface area (Å²) in [6, 6.07) is 20.5. The third-order valence-electron chi connectivity index (χ3n) is 5.64. The van der Waals surface area contributed by atoms with Crippen molar-refractivity contribution in [1.29, 1.82) is 0 Å². The molecule has 3 aromatic rings. The van der Waals surface area contributed by atoms with Gasteiger partial charge in [0.25, 0.3) is 5.56 Å². The van der Waals surface area contributed by atoms with Crippen LogP contribution in [0.15, 0.2) is 71.8 Å². The second-order valence-electron chi connectivity index (χ2n) is 7.99. The molecule has 1 aliphatic rings. The van der Waals surface area contributed by atoms with Gasteiger partial charge in [0.1, 0.15) is 6.54 Å². The summed E-state index contributed by atoms with van der Waals surface area (Å²) >= 11 is 0. The zero-order valence-corrected chi connectivity index (χ0v) is 17.7. The van der Waals surface area contributed by atoms with Crippen LogP contribution >= 0.6 is 0 Å². The van der Waals surface area contributed by atoms with Crippen LogP contribution in [0.1, 0.15) is 28.8 Å². The van der Waals surface area contributed by atoms with E-state index in [4.69, 9.17) is 0 Å². The molecule has 0 saturated carbocycles. The summed E-state index contributed by atoms with van der Waals surface area (Å²) in [6.07, 6.45) is 4.04. The van der Waals surface area contributed by atoms with Crippen molar-refractivity contribution in [3.05, 3.63) is 99.7 Å². The van der Waals surface area contributed by atoms with E-state index in [0.717, 1.165) is 38.0 Å². The van der Waals surface area contributed by atoms with Crippen molar-refractivity contribution in [3.8, 4) is 0 Å². The summed E-state index contributed by atoms with van der Waals surface area (Å²) in [7, 11) is 0. The highest BCUT2D eigenvalue weighted by molar-refractivity contribution is 5.75. The number of nitrogens with zero attached hydrogens (tertiary/aromatic N) is 3. The van der Waals surface area contributed by atoms with E-state index in [1.54, 1.807) is 0 Å². The Morgan fingerprint density at radius 2 is 1.71 bits per heavy atom. The van der Waals surface area contributed by atoms with Crippen molar-refractivity contribution in [2.24, 2.45) is 0 Å². The molecule has 0 fully saturated rings. The van der Waals surface area contributed by atoms with Crippen LogP contribution in [-0.2, 0) is 37.3 Å². The van der Waals surface area contributed by atoms with Gasteiger partial charge in [-0.3, -0.25) is 19.1 Å². The average Bonchev–Trinajstić information content (AvgIpc) is 2.80. The standard InChI is InChI=1S/C25H28N4O2/c30-24(26-14-7-12-20-8-3-1-4-9-20)18-29-19-27-23-13-15-28(17-22(23)25(29)31)16-21-10-5-2-6-11-21/h1-6,8-11,19H,7,12-18H2,(H,26,30). The van der Waals surface area contributed by atoms with Gasteiger partial charge in [-0.05, 0) is 24.0 Å². The van der Waals surface area contributed by atoms with Crippen molar-refractivity contribution in [2.75, 3.05) is 13.1 Å². The largest absolute Gasteiger partial charge is 0.355 e. The van der Waals surface area contributed by atoms with Crippen molar-refractivity contribution in [2.45, 2.75) is 38.9 Å². The number of carbonyl (C=O) groups excluding carboxylic acids is 1. The van der Waals surface area contributed by atoms with Crippen LogP contribution in [0.4, 0.5) is 0 Å². The first-order chi connectivity index (χ1) is 15.2. The van der Waals surface area contributed by atoms with Gasteiger partial charge >= 0.3 is 0 Å². The van der Waals surface area contributed by atoms with Crippen LogP contribution in [0.3, 0.4) is 0 Å². The van der Waals surface area contributed by atoms with E-state index in [-0.39, 0.29) is 18.0 Å². The fourth-order valence-electron chi connectivity index (χ4n) is 3.97. The Balaban J connectivity index is 1.32. The van der Waals surface area contributed by atoms with Crippen LogP contribution in [0, 0.1) is 0 Å². The minimum atomic E-state index is -0.158. The third kappa shape index (κ3) is 5.67. The first-order valence-electron chi connectivity index (χ1n) is 10.8. The molecule has 1 amide bonds. The SMILES string of the molecule is O=C(Cn1cnc2c(c1=O)CN(Cc1ccccc1)CC2)NCCCc1ccccc1. The highest BCUT2D eigenvalue weighted by Gasteiger charge is 2.21. The fraction of sp³-hybridized carbons (Fsp3) is 0.320. The van der Waals surface area contributed by atoms with Crippen LogP contribution in [-0.4, -0.2) is 33.4 Å². The molecular formula is C25H28N4O2. The molecule has 6 nitrogen and oxygen atoms in total. The number of aryl methyl sites for hydroxylation is 1. The van der Waals surface area contributed by atoms with E-state index < -0.39 is 0 Å². The Morgan fingerprint density at radius 1 is 1.00 bits per heavy atom. The van der Waals surface area contributed by atoms with Gasteiger partial charge in [-0.15, -0.1) is 0 Å². The number of fused-ring (bicyclic) bond motifs is 1. The number of hydrogen-bond acceptors (Lipinski definition) is 4. The molecule has 0 unspecified atom stereocenters. The van der Waals surface area contributed by atoms with Crippen LogP contribution in [0.25, 0.3) is 0 Å². The minimum Gasteiger partial charge on any atom is -0.355 e. The Kier molecular flexibility index (Phi) is 6.89. The second kappa shape index (κ2) is 10.2. The van der Waals surface area contributed by atoms with E-state index in [1.165, 1.54) is 22.0 Å². The van der Waals surface area contributed by atoms with Gasteiger partial charge in [-0.2, -0.15) is 0 Å². The Labute approximate surface area is 182 Å². The number of rotatable bonds is 8. The summed E-state index contributed by atoms with van der Waals surface area (Å²) in [4.78, 5) is 32.0. The van der Waals surface area contributed by atoms with Gasteiger partial charge in [-0.25, -0.2) is 4.98 Å². The molecule has 160 valence electrons. The molecule has 2 heterocycles. The summed E-state index contributed by atoms with van der Waals surface area (Å²) in [5.41, 5.74) is 3.94. The topological polar surface area (TPSA) is 67.2 Å².